The lowest BCUT2D eigenvalue weighted by Crippen LogP contribution is -2.19. The van der Waals surface area contributed by atoms with Crippen LogP contribution in [-0.4, -0.2) is 22.1 Å². The van der Waals surface area contributed by atoms with Gasteiger partial charge in [0.05, 0.1) is 5.52 Å². The lowest BCUT2D eigenvalue weighted by Gasteiger charge is -2.12. The lowest BCUT2D eigenvalue weighted by atomic mass is 9.93. The summed E-state index contributed by atoms with van der Waals surface area (Å²) in [7, 11) is 0. The number of hydrogen-bond acceptors (Lipinski definition) is 5. The molecule has 162 valence electrons. The molecular formula is C24H23N5O3. The first-order chi connectivity index (χ1) is 15.3. The van der Waals surface area contributed by atoms with E-state index in [2.05, 4.69) is 26.1 Å². The second-order valence-corrected chi connectivity index (χ2v) is 8.35. The van der Waals surface area contributed by atoms with Crippen molar-refractivity contribution in [3.8, 4) is 0 Å². The van der Waals surface area contributed by atoms with E-state index in [0.29, 0.717) is 28.5 Å². The predicted octanol–water partition coefficient (Wildman–Crippen LogP) is 5.42. The highest BCUT2D eigenvalue weighted by Crippen LogP contribution is 2.24. The number of rotatable bonds is 4. The first-order valence-electron chi connectivity index (χ1n) is 10.1. The number of nitrogens with one attached hydrogen (secondary N) is 3. The van der Waals surface area contributed by atoms with E-state index in [1.54, 1.807) is 48.7 Å². The Kier molecular flexibility index (Phi) is 5.59. The van der Waals surface area contributed by atoms with Crippen molar-refractivity contribution in [2.75, 3.05) is 16.0 Å². The van der Waals surface area contributed by atoms with E-state index in [0.717, 1.165) is 10.9 Å². The fraction of sp³-hybridized carbons (Fsp3) is 0.167. The van der Waals surface area contributed by atoms with Gasteiger partial charge in [0, 0.05) is 40.0 Å². The molecular weight excluding hydrogens is 406 g/mol. The molecule has 0 saturated heterocycles. The number of anilines is 3. The lowest BCUT2D eigenvalue weighted by molar-refractivity contribution is 0.102. The van der Waals surface area contributed by atoms with Crippen molar-refractivity contribution in [1.29, 1.82) is 0 Å². The van der Waals surface area contributed by atoms with Gasteiger partial charge in [-0.1, -0.05) is 32.0 Å². The Morgan fingerprint density at radius 1 is 0.875 bits per heavy atom. The first-order valence-corrected chi connectivity index (χ1v) is 10.1. The van der Waals surface area contributed by atoms with Crippen molar-refractivity contribution in [1.82, 2.24) is 10.1 Å². The molecule has 0 spiro atoms. The maximum absolute atomic E-state index is 12.6. The second-order valence-electron chi connectivity index (χ2n) is 8.35. The summed E-state index contributed by atoms with van der Waals surface area (Å²) in [5.74, 6) is 0.785. The second kappa shape index (κ2) is 8.50. The van der Waals surface area contributed by atoms with Crippen molar-refractivity contribution in [3.05, 3.63) is 78.2 Å². The molecule has 0 radical (unpaired) electrons. The van der Waals surface area contributed by atoms with Gasteiger partial charge in [-0.25, -0.2) is 4.79 Å². The van der Waals surface area contributed by atoms with Crippen molar-refractivity contribution in [2.45, 2.75) is 26.2 Å². The zero-order valence-corrected chi connectivity index (χ0v) is 18.0. The number of hydrogen-bond donors (Lipinski definition) is 3. The summed E-state index contributed by atoms with van der Waals surface area (Å²) in [4.78, 5) is 29.0. The normalized spacial score (nSPS) is 11.2. The van der Waals surface area contributed by atoms with Gasteiger partial charge in [-0.05, 0) is 48.5 Å². The Labute approximate surface area is 185 Å². The molecule has 0 atom stereocenters. The van der Waals surface area contributed by atoms with Crippen LogP contribution in [0.5, 0.6) is 0 Å². The molecule has 4 rings (SSSR count). The van der Waals surface area contributed by atoms with Gasteiger partial charge in [0.25, 0.3) is 5.91 Å². The molecule has 4 aromatic rings. The molecule has 0 aliphatic carbocycles. The molecule has 32 heavy (non-hydrogen) atoms. The molecule has 0 aliphatic rings. The topological polar surface area (TPSA) is 109 Å². The largest absolute Gasteiger partial charge is 0.359 e. The number of urea groups is 1. The van der Waals surface area contributed by atoms with Crippen LogP contribution in [-0.2, 0) is 5.41 Å². The standard InChI is InChI=1S/C24H23N5O3/c1-24(2,3)20-14-21(29-32-20)28-23(31)27-18-9-7-17(8-10-18)26-22(30)16-6-11-19-15(13-16)5-4-12-25-19/h4-14H,1-3H3,(H,26,30)(H2,27,28,29,31). The molecule has 0 aliphatic heterocycles. The van der Waals surface area contributed by atoms with Crippen LogP contribution in [0.3, 0.4) is 0 Å². The van der Waals surface area contributed by atoms with E-state index in [1.807, 2.05) is 39.0 Å². The Morgan fingerprint density at radius 2 is 1.59 bits per heavy atom. The molecule has 8 nitrogen and oxygen atoms in total. The maximum Gasteiger partial charge on any atom is 0.324 e. The molecule has 2 heterocycles. The van der Waals surface area contributed by atoms with Crippen LogP contribution >= 0.6 is 0 Å². The SMILES string of the molecule is CC(C)(C)c1cc(NC(=O)Nc2ccc(NC(=O)c3ccc4ncccc4c3)cc2)no1. The zero-order valence-electron chi connectivity index (χ0n) is 18.0. The van der Waals surface area contributed by atoms with Gasteiger partial charge >= 0.3 is 6.03 Å². The highest BCUT2D eigenvalue weighted by molar-refractivity contribution is 6.06. The molecule has 2 aromatic heterocycles. The molecule has 3 amide bonds. The van der Waals surface area contributed by atoms with Crippen LogP contribution < -0.4 is 16.0 Å². The third kappa shape index (κ3) is 4.92. The minimum absolute atomic E-state index is 0.201. The minimum Gasteiger partial charge on any atom is -0.359 e. The summed E-state index contributed by atoms with van der Waals surface area (Å²) in [6.07, 6.45) is 1.72. The number of amides is 3. The van der Waals surface area contributed by atoms with Gasteiger partial charge in [-0.15, -0.1) is 0 Å². The van der Waals surface area contributed by atoms with Gasteiger partial charge in [-0.2, -0.15) is 0 Å². The van der Waals surface area contributed by atoms with E-state index < -0.39 is 6.03 Å². The summed E-state index contributed by atoms with van der Waals surface area (Å²) in [5.41, 5.74) is 2.34. The monoisotopic (exact) mass is 429 g/mol. The number of carbonyl (C=O) groups excluding carboxylic acids is 2. The van der Waals surface area contributed by atoms with E-state index in [9.17, 15) is 9.59 Å². The molecule has 0 unspecified atom stereocenters. The van der Waals surface area contributed by atoms with E-state index >= 15 is 0 Å². The van der Waals surface area contributed by atoms with Gasteiger partial charge in [0.15, 0.2) is 5.82 Å². The summed E-state index contributed by atoms with van der Waals surface area (Å²) in [6.45, 7) is 5.98. The Morgan fingerprint density at radius 3 is 2.28 bits per heavy atom. The van der Waals surface area contributed by atoms with Gasteiger partial charge in [-0.3, -0.25) is 15.1 Å². The van der Waals surface area contributed by atoms with E-state index in [1.165, 1.54) is 0 Å². The van der Waals surface area contributed by atoms with E-state index in [-0.39, 0.29) is 11.3 Å². The van der Waals surface area contributed by atoms with Crippen LogP contribution in [0, 0.1) is 0 Å². The predicted molar refractivity (Wildman–Crippen MR) is 124 cm³/mol. The molecule has 2 aromatic carbocycles. The van der Waals surface area contributed by atoms with Crippen LogP contribution in [0.1, 0.15) is 36.9 Å². The van der Waals surface area contributed by atoms with Gasteiger partial charge in [0.2, 0.25) is 0 Å². The number of aromatic nitrogens is 2. The fourth-order valence-electron chi connectivity index (χ4n) is 3.02. The first kappa shape index (κ1) is 21.0. The molecule has 0 bridgehead atoms. The summed E-state index contributed by atoms with van der Waals surface area (Å²) in [6, 6.07) is 17.2. The highest BCUT2D eigenvalue weighted by Gasteiger charge is 2.20. The Hall–Kier alpha value is -4.20. The zero-order chi connectivity index (χ0) is 22.7. The average Bonchev–Trinajstić information content (AvgIpc) is 3.23. The smallest absolute Gasteiger partial charge is 0.324 e. The number of pyridine rings is 1. The average molecular weight is 429 g/mol. The Bertz CT molecular complexity index is 1270. The fourth-order valence-corrected chi connectivity index (χ4v) is 3.02. The number of fused-ring (bicyclic) bond motifs is 1. The maximum atomic E-state index is 12.6. The van der Waals surface area contributed by atoms with Crippen LogP contribution in [0.15, 0.2) is 71.4 Å². The molecule has 8 heteroatoms. The van der Waals surface area contributed by atoms with Crippen molar-refractivity contribution in [2.24, 2.45) is 0 Å². The Balaban J connectivity index is 1.35. The van der Waals surface area contributed by atoms with Crippen LogP contribution in [0.2, 0.25) is 0 Å². The number of carbonyl (C=O) groups is 2. The van der Waals surface area contributed by atoms with Crippen molar-refractivity contribution >= 4 is 40.0 Å². The van der Waals surface area contributed by atoms with Gasteiger partial charge in [0.1, 0.15) is 5.76 Å². The van der Waals surface area contributed by atoms with Gasteiger partial charge < -0.3 is 15.2 Å². The van der Waals surface area contributed by atoms with Crippen molar-refractivity contribution in [3.63, 3.8) is 0 Å². The summed E-state index contributed by atoms with van der Waals surface area (Å²) >= 11 is 0. The summed E-state index contributed by atoms with van der Waals surface area (Å²) in [5, 5.41) is 13.0. The molecule has 3 N–H and O–H groups in total. The minimum atomic E-state index is -0.444. The van der Waals surface area contributed by atoms with Crippen LogP contribution in [0.25, 0.3) is 10.9 Å². The van der Waals surface area contributed by atoms with Crippen molar-refractivity contribution < 1.29 is 14.1 Å². The number of nitrogens with zero attached hydrogens (tertiary/aromatic N) is 2. The third-order valence-corrected chi connectivity index (χ3v) is 4.76. The quantitative estimate of drug-likeness (QED) is 0.401. The molecule has 0 saturated carbocycles. The highest BCUT2D eigenvalue weighted by atomic mass is 16.5. The molecule has 0 fully saturated rings. The van der Waals surface area contributed by atoms with E-state index in [4.69, 9.17) is 4.52 Å². The number of benzene rings is 2. The third-order valence-electron chi connectivity index (χ3n) is 4.76. The summed E-state index contributed by atoms with van der Waals surface area (Å²) < 4.78 is 5.26. The van der Waals surface area contributed by atoms with Crippen LogP contribution in [0.4, 0.5) is 22.0 Å².